The van der Waals surface area contributed by atoms with E-state index in [4.69, 9.17) is 9.72 Å². The Balaban J connectivity index is 1.19. The fourth-order valence-corrected chi connectivity index (χ4v) is 5.11. The van der Waals surface area contributed by atoms with Gasteiger partial charge in [-0.15, -0.1) is 0 Å². The molecular formula is C29H37N7O. The predicted molar refractivity (Wildman–Crippen MR) is 150 cm³/mol. The second-order valence-electron chi connectivity index (χ2n) is 9.64. The first kappa shape index (κ1) is 25.0. The van der Waals surface area contributed by atoms with Gasteiger partial charge in [0, 0.05) is 50.5 Å². The molecule has 1 N–H and O–H groups in total. The largest absolute Gasteiger partial charge is 0.497 e. The van der Waals surface area contributed by atoms with Gasteiger partial charge in [0.15, 0.2) is 17.0 Å². The van der Waals surface area contributed by atoms with Gasteiger partial charge in [0.25, 0.3) is 0 Å². The Bertz CT molecular complexity index is 1340. The van der Waals surface area contributed by atoms with Crippen LogP contribution in [0.25, 0.3) is 16.9 Å². The number of nitrogens with one attached hydrogen (secondary N) is 1. The van der Waals surface area contributed by atoms with Crippen molar-refractivity contribution in [3.63, 3.8) is 0 Å². The Labute approximate surface area is 219 Å². The molecule has 0 radical (unpaired) electrons. The van der Waals surface area contributed by atoms with Crippen molar-refractivity contribution in [2.24, 2.45) is 0 Å². The van der Waals surface area contributed by atoms with Crippen LogP contribution in [0.5, 0.6) is 5.75 Å². The molecule has 2 aromatic carbocycles. The fourth-order valence-electron chi connectivity index (χ4n) is 5.11. The summed E-state index contributed by atoms with van der Waals surface area (Å²) in [5.41, 5.74) is 6.81. The highest BCUT2D eigenvalue weighted by molar-refractivity contribution is 5.84. The number of hydrogen-bond acceptors (Lipinski definition) is 7. The zero-order chi connectivity index (χ0) is 25.8. The first-order valence-corrected chi connectivity index (χ1v) is 13.2. The number of anilines is 2. The molecule has 0 aliphatic carbocycles. The molecule has 1 fully saturated rings. The SMILES string of the molecule is CCc1nc2c(NCCCN3CCN(c4cccc(C)c4C)CC3)ncnc2n1-c1ccc(OC)cc1. The smallest absolute Gasteiger partial charge is 0.170 e. The van der Waals surface area contributed by atoms with Crippen LogP contribution in [-0.2, 0) is 6.42 Å². The summed E-state index contributed by atoms with van der Waals surface area (Å²) in [5, 5.41) is 3.53. The predicted octanol–water partition coefficient (Wildman–Crippen LogP) is 4.63. The van der Waals surface area contributed by atoms with Gasteiger partial charge in [0.1, 0.15) is 17.9 Å². The number of fused-ring (bicyclic) bond motifs is 1. The van der Waals surface area contributed by atoms with Crippen LogP contribution in [0.15, 0.2) is 48.8 Å². The normalized spacial score (nSPS) is 14.3. The van der Waals surface area contributed by atoms with Crippen molar-refractivity contribution in [3.8, 4) is 11.4 Å². The minimum atomic E-state index is 0.798. The van der Waals surface area contributed by atoms with Gasteiger partial charge >= 0.3 is 0 Å². The summed E-state index contributed by atoms with van der Waals surface area (Å²) < 4.78 is 7.42. The number of methoxy groups -OCH3 is 1. The lowest BCUT2D eigenvalue weighted by molar-refractivity contribution is 0.257. The second kappa shape index (κ2) is 11.2. The molecule has 1 aliphatic rings. The Morgan fingerprint density at radius 1 is 0.973 bits per heavy atom. The summed E-state index contributed by atoms with van der Waals surface area (Å²) in [7, 11) is 1.68. The number of piperazine rings is 1. The van der Waals surface area contributed by atoms with E-state index in [9.17, 15) is 0 Å². The van der Waals surface area contributed by atoms with Crippen LogP contribution >= 0.6 is 0 Å². The number of rotatable bonds is 9. The maximum Gasteiger partial charge on any atom is 0.170 e. The Morgan fingerprint density at radius 3 is 2.49 bits per heavy atom. The summed E-state index contributed by atoms with van der Waals surface area (Å²) in [5.74, 6) is 2.59. The summed E-state index contributed by atoms with van der Waals surface area (Å²) in [6, 6.07) is 14.6. The summed E-state index contributed by atoms with van der Waals surface area (Å²) in [4.78, 5) is 19.1. The van der Waals surface area contributed by atoms with E-state index in [0.717, 1.165) is 86.4 Å². The highest BCUT2D eigenvalue weighted by Gasteiger charge is 2.19. The van der Waals surface area contributed by atoms with E-state index < -0.39 is 0 Å². The van der Waals surface area contributed by atoms with Crippen LogP contribution in [0.4, 0.5) is 11.5 Å². The van der Waals surface area contributed by atoms with E-state index in [2.05, 4.69) is 68.6 Å². The third-order valence-electron chi connectivity index (χ3n) is 7.39. The van der Waals surface area contributed by atoms with Crippen LogP contribution in [0, 0.1) is 13.8 Å². The Morgan fingerprint density at radius 2 is 1.76 bits per heavy atom. The molecular weight excluding hydrogens is 462 g/mol. The average molecular weight is 500 g/mol. The Kier molecular flexibility index (Phi) is 7.55. The first-order valence-electron chi connectivity index (χ1n) is 13.2. The molecule has 0 saturated carbocycles. The van der Waals surface area contributed by atoms with Gasteiger partial charge in [-0.2, -0.15) is 0 Å². The van der Waals surface area contributed by atoms with Crippen molar-refractivity contribution in [1.82, 2.24) is 24.4 Å². The maximum atomic E-state index is 5.32. The molecule has 37 heavy (non-hydrogen) atoms. The number of nitrogens with zero attached hydrogens (tertiary/aromatic N) is 6. The molecule has 1 saturated heterocycles. The monoisotopic (exact) mass is 499 g/mol. The molecule has 194 valence electrons. The lowest BCUT2D eigenvalue weighted by Crippen LogP contribution is -2.47. The van der Waals surface area contributed by atoms with E-state index in [1.165, 1.54) is 16.8 Å². The van der Waals surface area contributed by atoms with Crippen LogP contribution in [0.3, 0.4) is 0 Å². The first-order chi connectivity index (χ1) is 18.1. The lowest BCUT2D eigenvalue weighted by atomic mass is 10.1. The van der Waals surface area contributed by atoms with Gasteiger partial charge in [0.2, 0.25) is 0 Å². The maximum absolute atomic E-state index is 5.32. The minimum absolute atomic E-state index is 0.798. The van der Waals surface area contributed by atoms with Crippen molar-refractivity contribution in [3.05, 3.63) is 65.7 Å². The number of ether oxygens (including phenoxy) is 1. The van der Waals surface area contributed by atoms with Crippen LogP contribution in [-0.4, -0.2) is 70.8 Å². The van der Waals surface area contributed by atoms with E-state index >= 15 is 0 Å². The molecule has 0 bridgehead atoms. The summed E-state index contributed by atoms with van der Waals surface area (Å²) in [6.07, 6.45) is 3.48. The number of hydrogen-bond donors (Lipinski definition) is 1. The van der Waals surface area contributed by atoms with Crippen molar-refractivity contribution >= 4 is 22.7 Å². The molecule has 4 aromatic rings. The van der Waals surface area contributed by atoms with Gasteiger partial charge in [-0.1, -0.05) is 19.1 Å². The van der Waals surface area contributed by atoms with E-state index in [1.54, 1.807) is 13.4 Å². The van der Waals surface area contributed by atoms with Crippen LogP contribution < -0.4 is 15.0 Å². The quantitative estimate of drug-likeness (QED) is 0.337. The van der Waals surface area contributed by atoms with Crippen molar-refractivity contribution < 1.29 is 4.74 Å². The third kappa shape index (κ3) is 5.25. The lowest BCUT2D eigenvalue weighted by Gasteiger charge is -2.37. The van der Waals surface area contributed by atoms with Gasteiger partial charge < -0.3 is 15.0 Å². The van der Waals surface area contributed by atoms with Gasteiger partial charge in [-0.05, 0) is 68.3 Å². The standard InChI is InChI=1S/C29H37N7O/c1-5-26-33-27-28(31-20-32-29(27)36(26)23-10-12-24(37-4)13-11-23)30-14-7-15-34-16-18-35(19-17-34)25-9-6-8-21(2)22(25)3/h6,8-13,20H,5,7,14-19H2,1-4H3,(H,30,31,32). The third-order valence-corrected chi connectivity index (χ3v) is 7.39. The topological polar surface area (TPSA) is 71.3 Å². The van der Waals surface area contributed by atoms with Gasteiger partial charge in [0.05, 0.1) is 7.11 Å². The molecule has 0 unspecified atom stereocenters. The molecule has 5 rings (SSSR count). The zero-order valence-corrected chi connectivity index (χ0v) is 22.4. The number of aryl methyl sites for hydroxylation is 2. The molecule has 0 spiro atoms. The van der Waals surface area contributed by atoms with Crippen LogP contribution in [0.1, 0.15) is 30.3 Å². The number of benzene rings is 2. The van der Waals surface area contributed by atoms with E-state index in [0.29, 0.717) is 0 Å². The summed E-state index contributed by atoms with van der Waals surface area (Å²) in [6.45, 7) is 12.8. The van der Waals surface area contributed by atoms with Crippen LogP contribution in [0.2, 0.25) is 0 Å². The zero-order valence-electron chi connectivity index (χ0n) is 22.4. The number of imidazole rings is 1. The molecule has 1 aliphatic heterocycles. The molecule has 8 nitrogen and oxygen atoms in total. The van der Waals surface area contributed by atoms with Crippen molar-refractivity contribution in [2.75, 3.05) is 56.6 Å². The average Bonchev–Trinajstić information content (AvgIpc) is 3.32. The molecule has 3 heterocycles. The summed E-state index contributed by atoms with van der Waals surface area (Å²) >= 11 is 0. The molecule has 8 heteroatoms. The van der Waals surface area contributed by atoms with E-state index in [-0.39, 0.29) is 0 Å². The van der Waals surface area contributed by atoms with Gasteiger partial charge in [-0.3, -0.25) is 9.47 Å². The minimum Gasteiger partial charge on any atom is -0.497 e. The second-order valence-corrected chi connectivity index (χ2v) is 9.64. The Hall–Kier alpha value is -3.65. The number of aromatic nitrogens is 4. The molecule has 0 amide bonds. The fraction of sp³-hybridized carbons (Fsp3) is 0.414. The highest BCUT2D eigenvalue weighted by Crippen LogP contribution is 2.26. The van der Waals surface area contributed by atoms with E-state index in [1.807, 2.05) is 24.3 Å². The molecule has 0 atom stereocenters. The molecule has 2 aromatic heterocycles. The van der Waals surface area contributed by atoms with Gasteiger partial charge in [-0.25, -0.2) is 15.0 Å². The van der Waals surface area contributed by atoms with Crippen molar-refractivity contribution in [2.45, 2.75) is 33.6 Å². The van der Waals surface area contributed by atoms with Crippen molar-refractivity contribution in [1.29, 1.82) is 0 Å². The highest BCUT2D eigenvalue weighted by atomic mass is 16.5.